The van der Waals surface area contributed by atoms with Gasteiger partial charge in [0.25, 0.3) is 0 Å². The van der Waals surface area contributed by atoms with Gasteiger partial charge in [0.05, 0.1) is 17.7 Å². The lowest BCUT2D eigenvalue weighted by atomic mass is 9.94. The van der Waals surface area contributed by atoms with Crippen molar-refractivity contribution in [2.75, 3.05) is 6.54 Å². The molecule has 1 saturated heterocycles. The first-order chi connectivity index (χ1) is 14.2. The average Bonchev–Trinajstić information content (AvgIpc) is 3.16. The van der Waals surface area contributed by atoms with Crippen molar-refractivity contribution in [2.45, 2.75) is 38.2 Å². The first-order valence-corrected chi connectivity index (χ1v) is 11.5. The lowest BCUT2D eigenvalue weighted by Crippen LogP contribution is -2.34. The van der Waals surface area contributed by atoms with Crippen LogP contribution < -0.4 is 20.9 Å². The molecular formula is C21H27FN4O3S. The van der Waals surface area contributed by atoms with Gasteiger partial charge < -0.3 is 5.32 Å². The van der Waals surface area contributed by atoms with E-state index in [2.05, 4.69) is 20.9 Å². The molecule has 0 radical (unpaired) electrons. The number of rotatable bonds is 8. The van der Waals surface area contributed by atoms with Crippen molar-refractivity contribution in [1.29, 1.82) is 0 Å². The topological polar surface area (TPSA) is 99.3 Å². The summed E-state index contributed by atoms with van der Waals surface area (Å²) >= 11 is 0. The number of carbonyl (C=O) groups is 1. The van der Waals surface area contributed by atoms with Crippen molar-refractivity contribution >= 4 is 15.9 Å². The molecule has 2 aromatic rings. The summed E-state index contributed by atoms with van der Waals surface area (Å²) in [6, 6.07) is 12.8. The molecule has 2 atom stereocenters. The summed E-state index contributed by atoms with van der Waals surface area (Å²) in [6.07, 6.45) is 0. The Morgan fingerprint density at radius 3 is 2.37 bits per heavy atom. The lowest BCUT2D eigenvalue weighted by molar-refractivity contribution is -0.125. The molecular weight excluding hydrogens is 407 g/mol. The normalized spacial score (nSPS) is 19.2. The van der Waals surface area contributed by atoms with Crippen molar-refractivity contribution in [3.63, 3.8) is 0 Å². The third-order valence-corrected chi connectivity index (χ3v) is 6.35. The third kappa shape index (κ3) is 6.09. The van der Waals surface area contributed by atoms with Crippen LogP contribution in [0.1, 0.15) is 36.6 Å². The van der Waals surface area contributed by atoms with Gasteiger partial charge in [0.15, 0.2) is 0 Å². The predicted octanol–water partition coefficient (Wildman–Crippen LogP) is 1.74. The first-order valence-electron chi connectivity index (χ1n) is 9.83. The molecule has 0 spiro atoms. The van der Waals surface area contributed by atoms with Crippen molar-refractivity contribution in [3.8, 4) is 0 Å². The Kier molecular flexibility index (Phi) is 7.19. The lowest BCUT2D eigenvalue weighted by Gasteiger charge is -2.18. The minimum absolute atomic E-state index is 0.0867. The molecule has 1 aliphatic rings. The van der Waals surface area contributed by atoms with Crippen LogP contribution in [0.25, 0.3) is 0 Å². The summed E-state index contributed by atoms with van der Waals surface area (Å²) in [5.74, 6) is -0.852. The number of hydrogen-bond acceptors (Lipinski definition) is 5. The fourth-order valence-electron chi connectivity index (χ4n) is 3.42. The molecule has 0 bridgehead atoms. The number of nitrogens with one attached hydrogen (secondary N) is 4. The molecule has 0 aliphatic carbocycles. The van der Waals surface area contributed by atoms with Crippen LogP contribution in [0.3, 0.4) is 0 Å². The molecule has 7 nitrogen and oxygen atoms in total. The van der Waals surface area contributed by atoms with Crippen LogP contribution in [0.15, 0.2) is 48.5 Å². The smallest absolute Gasteiger partial charge is 0.226 e. The van der Waals surface area contributed by atoms with Gasteiger partial charge in [-0.2, -0.15) is 0 Å². The van der Waals surface area contributed by atoms with Gasteiger partial charge in [-0.15, -0.1) is 0 Å². The summed E-state index contributed by atoms with van der Waals surface area (Å²) < 4.78 is 39.8. The minimum Gasteiger partial charge on any atom is -0.352 e. The van der Waals surface area contributed by atoms with E-state index in [9.17, 15) is 17.6 Å². The highest BCUT2D eigenvalue weighted by Crippen LogP contribution is 2.25. The van der Waals surface area contributed by atoms with Gasteiger partial charge in [-0.3, -0.25) is 10.2 Å². The van der Waals surface area contributed by atoms with Crippen molar-refractivity contribution in [1.82, 2.24) is 20.9 Å². The molecule has 4 N–H and O–H groups in total. The Bertz CT molecular complexity index is 963. The van der Waals surface area contributed by atoms with E-state index in [-0.39, 0.29) is 35.5 Å². The first kappa shape index (κ1) is 22.4. The molecule has 162 valence electrons. The van der Waals surface area contributed by atoms with Gasteiger partial charge in [-0.1, -0.05) is 36.4 Å². The van der Waals surface area contributed by atoms with Gasteiger partial charge >= 0.3 is 0 Å². The van der Waals surface area contributed by atoms with E-state index in [0.717, 1.165) is 11.1 Å². The van der Waals surface area contributed by atoms with E-state index < -0.39 is 10.0 Å². The SMILES string of the molecule is CC(C)NS(=O)(=O)Cc1ccc(CNC(=O)C2CNNC2c2ccc(F)cc2)cc1. The maximum Gasteiger partial charge on any atom is 0.226 e. The summed E-state index contributed by atoms with van der Waals surface area (Å²) in [5, 5.41) is 2.92. The third-order valence-electron chi connectivity index (χ3n) is 4.81. The number of carbonyl (C=O) groups excluding carboxylic acids is 1. The number of benzene rings is 2. The van der Waals surface area contributed by atoms with E-state index in [1.54, 1.807) is 38.1 Å². The molecule has 1 fully saturated rings. The Balaban J connectivity index is 1.56. The molecule has 3 rings (SSSR count). The zero-order valence-electron chi connectivity index (χ0n) is 17.0. The van der Waals surface area contributed by atoms with Crippen LogP contribution >= 0.6 is 0 Å². The summed E-state index contributed by atoms with van der Waals surface area (Å²) in [7, 11) is -3.38. The van der Waals surface area contributed by atoms with E-state index in [1.807, 2.05) is 12.1 Å². The largest absolute Gasteiger partial charge is 0.352 e. The highest BCUT2D eigenvalue weighted by molar-refractivity contribution is 7.88. The molecule has 2 aromatic carbocycles. The van der Waals surface area contributed by atoms with Crippen LogP contribution in [-0.2, 0) is 27.1 Å². The molecule has 1 heterocycles. The molecule has 9 heteroatoms. The monoisotopic (exact) mass is 434 g/mol. The van der Waals surface area contributed by atoms with E-state index >= 15 is 0 Å². The number of hydrogen-bond donors (Lipinski definition) is 4. The quantitative estimate of drug-likeness (QED) is 0.507. The second-order valence-electron chi connectivity index (χ2n) is 7.73. The van der Waals surface area contributed by atoms with E-state index in [0.29, 0.717) is 18.7 Å². The van der Waals surface area contributed by atoms with Gasteiger partial charge in [0, 0.05) is 19.1 Å². The molecule has 0 aromatic heterocycles. The summed E-state index contributed by atoms with van der Waals surface area (Å²) in [4.78, 5) is 12.7. The second-order valence-corrected chi connectivity index (χ2v) is 9.48. The molecule has 2 unspecified atom stereocenters. The average molecular weight is 435 g/mol. The van der Waals surface area contributed by atoms with Crippen LogP contribution in [0.4, 0.5) is 4.39 Å². The van der Waals surface area contributed by atoms with Gasteiger partial charge in [-0.05, 0) is 42.7 Å². The summed E-state index contributed by atoms with van der Waals surface area (Å²) in [5.41, 5.74) is 8.45. The fraction of sp³-hybridized carbons (Fsp3) is 0.381. The molecule has 1 aliphatic heterocycles. The maximum absolute atomic E-state index is 13.2. The zero-order chi connectivity index (χ0) is 21.7. The van der Waals surface area contributed by atoms with Gasteiger partial charge in [-0.25, -0.2) is 23.0 Å². The molecule has 1 amide bonds. The van der Waals surface area contributed by atoms with E-state index in [1.165, 1.54) is 12.1 Å². The van der Waals surface area contributed by atoms with Gasteiger partial charge in [0.2, 0.25) is 15.9 Å². The van der Waals surface area contributed by atoms with Crippen molar-refractivity contribution in [3.05, 3.63) is 71.0 Å². The van der Waals surface area contributed by atoms with Crippen LogP contribution in [0, 0.1) is 11.7 Å². The number of halogens is 1. The number of sulfonamides is 1. The minimum atomic E-state index is -3.38. The number of amides is 1. The van der Waals surface area contributed by atoms with Crippen LogP contribution in [0.5, 0.6) is 0 Å². The Morgan fingerprint density at radius 2 is 1.73 bits per heavy atom. The second kappa shape index (κ2) is 9.65. The van der Waals surface area contributed by atoms with Crippen molar-refractivity contribution < 1.29 is 17.6 Å². The predicted molar refractivity (Wildman–Crippen MR) is 113 cm³/mol. The standard InChI is InChI=1S/C21H27FN4O3S/c1-14(2)26-30(28,29)13-16-5-3-15(4-6-16)11-23-21(27)19-12-24-25-20(19)17-7-9-18(22)10-8-17/h3-10,14,19-20,24-26H,11-13H2,1-2H3,(H,23,27). The van der Waals surface area contributed by atoms with Crippen molar-refractivity contribution in [2.24, 2.45) is 5.92 Å². The van der Waals surface area contributed by atoms with Crippen LogP contribution in [0.2, 0.25) is 0 Å². The van der Waals surface area contributed by atoms with E-state index in [4.69, 9.17) is 0 Å². The molecule has 0 saturated carbocycles. The number of hydrazine groups is 1. The molecule has 30 heavy (non-hydrogen) atoms. The highest BCUT2D eigenvalue weighted by atomic mass is 32.2. The Hall–Kier alpha value is -2.33. The fourth-order valence-corrected chi connectivity index (χ4v) is 4.85. The van der Waals surface area contributed by atoms with Gasteiger partial charge in [0.1, 0.15) is 5.82 Å². The van der Waals surface area contributed by atoms with Crippen LogP contribution in [-0.4, -0.2) is 26.9 Å². The Labute approximate surface area is 176 Å². The zero-order valence-corrected chi connectivity index (χ0v) is 17.8. The summed E-state index contributed by atoms with van der Waals surface area (Å²) in [6.45, 7) is 4.36. The maximum atomic E-state index is 13.2. The highest BCUT2D eigenvalue weighted by Gasteiger charge is 2.33. The Morgan fingerprint density at radius 1 is 1.10 bits per heavy atom.